The van der Waals surface area contributed by atoms with E-state index in [9.17, 15) is 4.79 Å². The van der Waals surface area contributed by atoms with Crippen molar-refractivity contribution < 1.29 is 14.6 Å². The van der Waals surface area contributed by atoms with Crippen molar-refractivity contribution in [3.63, 3.8) is 0 Å². The van der Waals surface area contributed by atoms with Crippen LogP contribution < -0.4 is 4.74 Å². The summed E-state index contributed by atoms with van der Waals surface area (Å²) in [6, 6.07) is 22.1. The second-order valence-corrected chi connectivity index (χ2v) is 7.00. The van der Waals surface area contributed by atoms with E-state index < -0.39 is 5.97 Å². The molecule has 0 atom stereocenters. The molecular weight excluding hydrogens is 358 g/mol. The Morgan fingerprint density at radius 1 is 1.00 bits per heavy atom. The van der Waals surface area contributed by atoms with Gasteiger partial charge in [-0.1, -0.05) is 54.6 Å². The molecule has 0 fully saturated rings. The van der Waals surface area contributed by atoms with Crippen LogP contribution in [0, 0.1) is 0 Å². The van der Waals surface area contributed by atoms with Gasteiger partial charge in [0, 0.05) is 5.38 Å². The van der Waals surface area contributed by atoms with Gasteiger partial charge in [-0.3, -0.25) is 4.79 Å². The SMILES string of the molecule is O=C(O)Cc1csc(-c2ccccc2OCc2cccc3ccccc23)n1. The first kappa shape index (κ1) is 17.2. The van der Waals surface area contributed by atoms with Crippen molar-refractivity contribution >= 4 is 28.1 Å². The molecular formula is C22H17NO3S. The van der Waals surface area contributed by atoms with Crippen molar-refractivity contribution in [3.8, 4) is 16.3 Å². The predicted octanol–water partition coefficient (Wildman–Crippen LogP) is 5.17. The van der Waals surface area contributed by atoms with Crippen LogP contribution in [0.5, 0.6) is 5.75 Å². The number of nitrogens with zero attached hydrogens (tertiary/aromatic N) is 1. The van der Waals surface area contributed by atoms with E-state index in [0.29, 0.717) is 12.3 Å². The lowest BCUT2D eigenvalue weighted by Gasteiger charge is -2.11. The predicted molar refractivity (Wildman–Crippen MR) is 107 cm³/mol. The Morgan fingerprint density at radius 2 is 1.78 bits per heavy atom. The maximum absolute atomic E-state index is 10.9. The van der Waals surface area contributed by atoms with E-state index in [-0.39, 0.29) is 6.42 Å². The molecule has 0 bridgehead atoms. The van der Waals surface area contributed by atoms with E-state index >= 15 is 0 Å². The summed E-state index contributed by atoms with van der Waals surface area (Å²) in [6.07, 6.45) is -0.0739. The Kier molecular flexibility index (Phi) is 4.85. The van der Waals surface area contributed by atoms with Gasteiger partial charge < -0.3 is 9.84 Å². The van der Waals surface area contributed by atoms with E-state index in [4.69, 9.17) is 9.84 Å². The maximum Gasteiger partial charge on any atom is 0.309 e. The fourth-order valence-corrected chi connectivity index (χ4v) is 3.86. The molecule has 1 aromatic heterocycles. The van der Waals surface area contributed by atoms with Crippen LogP contribution in [0.3, 0.4) is 0 Å². The summed E-state index contributed by atoms with van der Waals surface area (Å²) in [5, 5.41) is 13.8. The zero-order chi connectivity index (χ0) is 18.6. The minimum atomic E-state index is -0.882. The standard InChI is InChI=1S/C22H17NO3S/c24-21(25)12-17-14-27-22(23-17)19-10-3-4-11-20(19)26-13-16-8-5-7-15-6-1-2-9-18(15)16/h1-11,14H,12-13H2,(H,24,25). The molecule has 5 heteroatoms. The van der Waals surface area contributed by atoms with Crippen LogP contribution in [-0.4, -0.2) is 16.1 Å². The zero-order valence-corrected chi connectivity index (χ0v) is 15.3. The van der Waals surface area contributed by atoms with E-state index in [1.54, 1.807) is 5.38 Å². The highest BCUT2D eigenvalue weighted by Gasteiger charge is 2.12. The van der Waals surface area contributed by atoms with Gasteiger partial charge in [0.15, 0.2) is 0 Å². The number of hydrogen-bond donors (Lipinski definition) is 1. The van der Waals surface area contributed by atoms with Gasteiger partial charge >= 0.3 is 5.97 Å². The molecule has 1 N–H and O–H groups in total. The number of ether oxygens (including phenoxy) is 1. The van der Waals surface area contributed by atoms with Gasteiger partial charge in [-0.25, -0.2) is 4.98 Å². The zero-order valence-electron chi connectivity index (χ0n) is 14.5. The minimum Gasteiger partial charge on any atom is -0.488 e. The molecule has 27 heavy (non-hydrogen) atoms. The third-order valence-corrected chi connectivity index (χ3v) is 5.19. The molecule has 3 aromatic carbocycles. The van der Waals surface area contributed by atoms with Gasteiger partial charge in [-0.15, -0.1) is 11.3 Å². The molecule has 0 unspecified atom stereocenters. The average Bonchev–Trinajstić information content (AvgIpc) is 3.14. The first-order valence-corrected chi connectivity index (χ1v) is 9.44. The number of benzene rings is 3. The summed E-state index contributed by atoms with van der Waals surface area (Å²) >= 11 is 1.43. The number of fused-ring (bicyclic) bond motifs is 1. The summed E-state index contributed by atoms with van der Waals surface area (Å²) in [7, 11) is 0. The Hall–Kier alpha value is -3.18. The van der Waals surface area contributed by atoms with E-state index in [1.165, 1.54) is 22.1 Å². The quantitative estimate of drug-likeness (QED) is 0.505. The van der Waals surface area contributed by atoms with Crippen molar-refractivity contribution in [2.45, 2.75) is 13.0 Å². The molecule has 0 amide bonds. The highest BCUT2D eigenvalue weighted by Crippen LogP contribution is 2.33. The Bertz CT molecular complexity index is 1100. The summed E-state index contributed by atoms with van der Waals surface area (Å²) in [5.41, 5.74) is 2.55. The number of para-hydroxylation sites is 1. The molecule has 0 aliphatic rings. The Balaban J connectivity index is 1.60. The fourth-order valence-electron chi connectivity index (χ4n) is 3.01. The molecule has 0 aliphatic heterocycles. The van der Waals surface area contributed by atoms with Crippen molar-refractivity contribution in [1.82, 2.24) is 4.98 Å². The van der Waals surface area contributed by atoms with Gasteiger partial charge in [0.05, 0.1) is 17.7 Å². The molecule has 4 nitrogen and oxygen atoms in total. The fraction of sp³-hybridized carbons (Fsp3) is 0.0909. The molecule has 0 radical (unpaired) electrons. The number of aliphatic carboxylic acids is 1. The summed E-state index contributed by atoms with van der Waals surface area (Å²) in [5.74, 6) is -0.144. The van der Waals surface area contributed by atoms with Crippen molar-refractivity contribution in [1.29, 1.82) is 0 Å². The summed E-state index contributed by atoms with van der Waals surface area (Å²) in [4.78, 5) is 15.3. The van der Waals surface area contributed by atoms with Gasteiger partial charge in [0.25, 0.3) is 0 Å². The normalized spacial score (nSPS) is 10.8. The number of carboxylic acids is 1. The van der Waals surface area contributed by atoms with Crippen LogP contribution >= 0.6 is 11.3 Å². The number of hydrogen-bond acceptors (Lipinski definition) is 4. The van der Waals surface area contributed by atoms with Crippen LogP contribution in [-0.2, 0) is 17.8 Å². The van der Waals surface area contributed by atoms with Crippen LogP contribution in [0.25, 0.3) is 21.3 Å². The van der Waals surface area contributed by atoms with Gasteiger partial charge in [0.1, 0.15) is 17.4 Å². The number of aromatic nitrogens is 1. The molecule has 4 aromatic rings. The molecule has 4 rings (SSSR count). The summed E-state index contributed by atoms with van der Waals surface area (Å²) in [6.45, 7) is 0.450. The lowest BCUT2D eigenvalue weighted by atomic mass is 10.1. The minimum absolute atomic E-state index is 0.0739. The van der Waals surface area contributed by atoms with E-state index in [1.807, 2.05) is 42.5 Å². The largest absolute Gasteiger partial charge is 0.488 e. The van der Waals surface area contributed by atoms with E-state index in [0.717, 1.165) is 21.9 Å². The third-order valence-electron chi connectivity index (χ3n) is 4.26. The molecule has 0 aliphatic carbocycles. The van der Waals surface area contributed by atoms with Gasteiger partial charge in [-0.2, -0.15) is 0 Å². The number of carboxylic acid groups (broad SMARTS) is 1. The highest BCUT2D eigenvalue weighted by molar-refractivity contribution is 7.13. The van der Waals surface area contributed by atoms with Crippen molar-refractivity contribution in [2.75, 3.05) is 0 Å². The Morgan fingerprint density at radius 3 is 2.67 bits per heavy atom. The maximum atomic E-state index is 10.9. The molecule has 0 spiro atoms. The Labute approximate surface area is 160 Å². The first-order chi connectivity index (χ1) is 13.2. The van der Waals surface area contributed by atoms with Gasteiger partial charge in [0.2, 0.25) is 0 Å². The second-order valence-electron chi connectivity index (χ2n) is 6.14. The smallest absolute Gasteiger partial charge is 0.309 e. The number of rotatable bonds is 6. The van der Waals surface area contributed by atoms with Crippen molar-refractivity contribution in [3.05, 3.63) is 83.4 Å². The van der Waals surface area contributed by atoms with Gasteiger partial charge in [-0.05, 0) is 28.5 Å². The van der Waals surface area contributed by atoms with Crippen LogP contribution in [0.2, 0.25) is 0 Å². The topological polar surface area (TPSA) is 59.4 Å². The first-order valence-electron chi connectivity index (χ1n) is 8.56. The number of carbonyl (C=O) groups is 1. The molecule has 0 saturated carbocycles. The van der Waals surface area contributed by atoms with Crippen LogP contribution in [0.4, 0.5) is 0 Å². The molecule has 0 saturated heterocycles. The highest BCUT2D eigenvalue weighted by atomic mass is 32.1. The lowest BCUT2D eigenvalue weighted by Crippen LogP contribution is -2.00. The monoisotopic (exact) mass is 375 g/mol. The van der Waals surface area contributed by atoms with Crippen LogP contribution in [0.1, 0.15) is 11.3 Å². The third kappa shape index (κ3) is 3.83. The number of thiazole rings is 1. The second kappa shape index (κ2) is 7.60. The van der Waals surface area contributed by atoms with Crippen molar-refractivity contribution in [2.24, 2.45) is 0 Å². The van der Waals surface area contributed by atoms with E-state index in [2.05, 4.69) is 29.2 Å². The van der Waals surface area contributed by atoms with Crippen LogP contribution in [0.15, 0.2) is 72.1 Å². The summed E-state index contributed by atoms with van der Waals surface area (Å²) < 4.78 is 6.13. The lowest BCUT2D eigenvalue weighted by molar-refractivity contribution is -0.136. The molecule has 1 heterocycles. The average molecular weight is 375 g/mol. The molecule has 134 valence electrons.